The van der Waals surface area contributed by atoms with Gasteiger partial charge in [0.25, 0.3) is 5.91 Å². The van der Waals surface area contributed by atoms with E-state index in [0.29, 0.717) is 38.0 Å². The van der Waals surface area contributed by atoms with Crippen LogP contribution >= 0.6 is 38.6 Å². The number of fused-ring (bicyclic) bond motifs is 1. The quantitative estimate of drug-likeness (QED) is 0.286. The van der Waals surface area contributed by atoms with Crippen molar-refractivity contribution in [2.75, 3.05) is 16.4 Å². The Balaban J connectivity index is 1.91. The Morgan fingerprint density at radius 1 is 1.15 bits per heavy atom. The first-order valence-electron chi connectivity index (χ1n) is 10.1. The smallest absolute Gasteiger partial charge is 0.263 e. The van der Waals surface area contributed by atoms with Crippen molar-refractivity contribution in [3.8, 4) is 22.0 Å². The molecular weight excluding hydrogens is 522 g/mol. The Bertz CT molecular complexity index is 1340. The fraction of sp³-hybridized carbons (Fsp3) is 0.217. The molecule has 0 radical (unpaired) electrons. The molecule has 4 N–H and O–H groups in total. The number of alkyl halides is 1. The minimum Gasteiger partial charge on any atom is -0.397 e. The average molecular weight is 544 g/mol. The third kappa shape index (κ3) is 5.07. The molecule has 3 heterocycles. The van der Waals surface area contributed by atoms with Crippen molar-refractivity contribution < 1.29 is 9.59 Å². The molecule has 2 amide bonds. The second-order valence-corrected chi connectivity index (χ2v) is 10.9. The number of nitrogens with zero attached hydrogens (tertiary/aromatic N) is 2. The summed E-state index contributed by atoms with van der Waals surface area (Å²) in [5.74, 6) is 0.159. The number of anilines is 2. The van der Waals surface area contributed by atoms with E-state index in [9.17, 15) is 9.59 Å². The van der Waals surface area contributed by atoms with Crippen LogP contribution in [-0.4, -0.2) is 32.7 Å². The van der Waals surface area contributed by atoms with Crippen LogP contribution in [0.1, 0.15) is 30.4 Å². The lowest BCUT2D eigenvalue weighted by molar-refractivity contribution is -0.113. The normalized spacial score (nSPS) is 11.5. The molecule has 0 saturated heterocycles. The number of aromatic nitrogens is 2. The minimum absolute atomic E-state index is 0.157. The molecule has 0 atom stereocenters. The standard InChI is InChI=1S/C23H22BrN5O2S2/c1-23(2,3)29-21(31)19-17(25)16-18(12-6-4-7-13(10-12)26-15(30)11-24)27-20(28-22(16)33-19)14-8-5-9-32-14/h4-10H,11,25H2,1-3H3,(H,26,30)(H,29,31). The Morgan fingerprint density at radius 2 is 1.94 bits per heavy atom. The molecule has 4 rings (SSSR count). The summed E-state index contributed by atoms with van der Waals surface area (Å²) in [5, 5.41) is 8.59. The Hall–Kier alpha value is -2.82. The highest BCUT2D eigenvalue weighted by atomic mass is 79.9. The molecule has 3 aromatic heterocycles. The van der Waals surface area contributed by atoms with E-state index in [2.05, 4.69) is 26.6 Å². The van der Waals surface area contributed by atoms with Gasteiger partial charge in [0.15, 0.2) is 5.82 Å². The van der Waals surface area contributed by atoms with Crippen LogP contribution in [0.3, 0.4) is 0 Å². The van der Waals surface area contributed by atoms with Gasteiger partial charge in [-0.05, 0) is 44.4 Å². The highest BCUT2D eigenvalue weighted by Crippen LogP contribution is 2.40. The number of benzene rings is 1. The maximum atomic E-state index is 12.9. The zero-order valence-electron chi connectivity index (χ0n) is 18.2. The SMILES string of the molecule is CC(C)(C)NC(=O)c1sc2nc(-c3cccs3)nc(-c3cccc(NC(=O)CBr)c3)c2c1N. The molecule has 7 nitrogen and oxygen atoms in total. The van der Waals surface area contributed by atoms with Crippen LogP contribution in [0.25, 0.3) is 32.2 Å². The molecule has 0 aliphatic rings. The van der Waals surface area contributed by atoms with Crippen molar-refractivity contribution in [3.63, 3.8) is 0 Å². The van der Waals surface area contributed by atoms with Gasteiger partial charge in [0.2, 0.25) is 5.91 Å². The number of nitrogens with one attached hydrogen (secondary N) is 2. The van der Waals surface area contributed by atoms with Gasteiger partial charge in [0.05, 0.1) is 27.0 Å². The molecule has 4 aromatic rings. The van der Waals surface area contributed by atoms with Crippen molar-refractivity contribution in [1.82, 2.24) is 15.3 Å². The van der Waals surface area contributed by atoms with E-state index in [1.165, 1.54) is 22.7 Å². The Labute approximate surface area is 207 Å². The lowest BCUT2D eigenvalue weighted by Gasteiger charge is -2.20. The number of thiophene rings is 2. The molecule has 33 heavy (non-hydrogen) atoms. The summed E-state index contributed by atoms with van der Waals surface area (Å²) < 4.78 is 0. The van der Waals surface area contributed by atoms with Gasteiger partial charge in [0.1, 0.15) is 9.71 Å². The number of nitrogen functional groups attached to an aromatic ring is 1. The number of hydrogen-bond donors (Lipinski definition) is 3. The lowest BCUT2D eigenvalue weighted by atomic mass is 10.1. The highest BCUT2D eigenvalue weighted by Gasteiger charge is 2.25. The topological polar surface area (TPSA) is 110 Å². The molecular formula is C23H22BrN5O2S2. The summed E-state index contributed by atoms with van der Waals surface area (Å²) in [4.78, 5) is 36.3. The molecule has 0 unspecified atom stereocenters. The fourth-order valence-electron chi connectivity index (χ4n) is 3.25. The summed E-state index contributed by atoms with van der Waals surface area (Å²) in [5.41, 5.74) is 8.46. The lowest BCUT2D eigenvalue weighted by Crippen LogP contribution is -2.40. The summed E-state index contributed by atoms with van der Waals surface area (Å²) in [6, 6.07) is 11.3. The summed E-state index contributed by atoms with van der Waals surface area (Å²) in [7, 11) is 0. The first kappa shape index (κ1) is 23.3. The van der Waals surface area contributed by atoms with Crippen LogP contribution in [0.2, 0.25) is 0 Å². The van der Waals surface area contributed by atoms with Crippen molar-refractivity contribution in [3.05, 3.63) is 46.7 Å². The molecule has 0 spiro atoms. The first-order valence-corrected chi connectivity index (χ1v) is 12.9. The van der Waals surface area contributed by atoms with Gasteiger partial charge in [-0.1, -0.05) is 34.1 Å². The largest absolute Gasteiger partial charge is 0.397 e. The van der Waals surface area contributed by atoms with Crippen LogP contribution in [-0.2, 0) is 4.79 Å². The molecule has 10 heteroatoms. The average Bonchev–Trinajstić information content (AvgIpc) is 3.40. The molecule has 1 aromatic carbocycles. The van der Waals surface area contributed by atoms with Gasteiger partial charge < -0.3 is 16.4 Å². The second kappa shape index (κ2) is 9.20. The van der Waals surface area contributed by atoms with E-state index in [1.54, 1.807) is 0 Å². The van der Waals surface area contributed by atoms with Crippen molar-refractivity contribution in [2.24, 2.45) is 0 Å². The summed E-state index contributed by atoms with van der Waals surface area (Å²) in [6.45, 7) is 5.75. The van der Waals surface area contributed by atoms with E-state index in [1.807, 2.05) is 62.5 Å². The van der Waals surface area contributed by atoms with Gasteiger partial charge >= 0.3 is 0 Å². The van der Waals surface area contributed by atoms with Crippen LogP contribution in [0.15, 0.2) is 41.8 Å². The van der Waals surface area contributed by atoms with Crippen LogP contribution < -0.4 is 16.4 Å². The Morgan fingerprint density at radius 3 is 2.61 bits per heavy atom. The summed E-state index contributed by atoms with van der Waals surface area (Å²) in [6.07, 6.45) is 0. The number of halogens is 1. The second-order valence-electron chi connectivity index (χ2n) is 8.36. The highest BCUT2D eigenvalue weighted by molar-refractivity contribution is 9.09. The van der Waals surface area contributed by atoms with E-state index >= 15 is 0 Å². The van der Waals surface area contributed by atoms with Gasteiger partial charge in [0, 0.05) is 16.8 Å². The fourth-order valence-corrected chi connectivity index (χ4v) is 5.04. The third-order valence-electron chi connectivity index (χ3n) is 4.57. The molecule has 0 saturated carbocycles. The maximum absolute atomic E-state index is 12.9. The van der Waals surface area contributed by atoms with E-state index in [-0.39, 0.29) is 17.1 Å². The third-order valence-corrected chi connectivity index (χ3v) is 7.04. The van der Waals surface area contributed by atoms with Crippen LogP contribution in [0.4, 0.5) is 11.4 Å². The monoisotopic (exact) mass is 543 g/mol. The number of hydrogen-bond acceptors (Lipinski definition) is 7. The van der Waals surface area contributed by atoms with E-state index in [4.69, 9.17) is 15.7 Å². The number of carbonyl (C=O) groups excluding carboxylic acids is 2. The van der Waals surface area contributed by atoms with Gasteiger partial charge in [-0.3, -0.25) is 9.59 Å². The predicted octanol–water partition coefficient (Wildman–Crippen LogP) is 5.53. The van der Waals surface area contributed by atoms with Crippen LogP contribution in [0.5, 0.6) is 0 Å². The molecule has 170 valence electrons. The first-order chi connectivity index (χ1) is 15.7. The van der Waals surface area contributed by atoms with Crippen LogP contribution in [0, 0.1) is 0 Å². The van der Waals surface area contributed by atoms with Gasteiger partial charge in [-0.25, -0.2) is 9.97 Å². The Kier molecular flexibility index (Phi) is 6.51. The van der Waals surface area contributed by atoms with Gasteiger partial charge in [-0.2, -0.15) is 0 Å². The molecule has 0 aliphatic heterocycles. The predicted molar refractivity (Wildman–Crippen MR) is 140 cm³/mol. The summed E-state index contributed by atoms with van der Waals surface area (Å²) >= 11 is 5.95. The van der Waals surface area contributed by atoms with E-state index < -0.39 is 5.54 Å². The number of rotatable bonds is 5. The van der Waals surface area contributed by atoms with Crippen molar-refractivity contribution >= 4 is 72.0 Å². The molecule has 0 bridgehead atoms. The van der Waals surface area contributed by atoms with Crippen molar-refractivity contribution in [2.45, 2.75) is 26.3 Å². The minimum atomic E-state index is -0.404. The molecule has 0 fully saturated rings. The zero-order chi connectivity index (χ0) is 23.8. The number of amides is 2. The molecule has 0 aliphatic carbocycles. The number of nitrogens with two attached hydrogens (primary N) is 1. The van der Waals surface area contributed by atoms with E-state index in [0.717, 1.165) is 10.4 Å². The van der Waals surface area contributed by atoms with Crippen molar-refractivity contribution in [1.29, 1.82) is 0 Å². The maximum Gasteiger partial charge on any atom is 0.263 e. The zero-order valence-corrected chi connectivity index (χ0v) is 21.5. The number of carbonyl (C=O) groups is 2. The van der Waals surface area contributed by atoms with Gasteiger partial charge in [-0.15, -0.1) is 22.7 Å².